The molecule has 2 aromatic rings. The van der Waals surface area contributed by atoms with Gasteiger partial charge in [-0.1, -0.05) is 6.92 Å². The molecule has 0 aliphatic heterocycles. The lowest BCUT2D eigenvalue weighted by Crippen LogP contribution is -2.06. The molecule has 0 aliphatic rings. The van der Waals surface area contributed by atoms with Crippen molar-refractivity contribution in [2.75, 3.05) is 17.6 Å². The largest absolute Gasteiger partial charge is 0.382 e. The molecular formula is C10H16N6. The first-order valence-corrected chi connectivity index (χ1v) is 5.48. The lowest BCUT2D eigenvalue weighted by molar-refractivity contribution is 0.691. The number of nitrogens with zero attached hydrogens (tertiary/aromatic N) is 4. The molecule has 86 valence electrons. The summed E-state index contributed by atoms with van der Waals surface area (Å²) < 4.78 is 1.99. The van der Waals surface area contributed by atoms with Crippen molar-refractivity contribution in [3.63, 3.8) is 0 Å². The molecule has 0 unspecified atom stereocenters. The summed E-state index contributed by atoms with van der Waals surface area (Å²) >= 11 is 0. The van der Waals surface area contributed by atoms with Crippen molar-refractivity contribution in [3.8, 4) is 0 Å². The minimum atomic E-state index is 0.427. The van der Waals surface area contributed by atoms with Crippen molar-refractivity contribution in [2.24, 2.45) is 0 Å². The molecule has 0 fully saturated rings. The van der Waals surface area contributed by atoms with E-state index in [1.54, 1.807) is 6.33 Å². The molecule has 2 rings (SSSR count). The molecule has 16 heavy (non-hydrogen) atoms. The second-order valence-electron chi connectivity index (χ2n) is 3.57. The molecule has 0 saturated carbocycles. The van der Waals surface area contributed by atoms with Gasteiger partial charge >= 0.3 is 0 Å². The molecule has 3 N–H and O–H groups in total. The predicted molar refractivity (Wildman–Crippen MR) is 64.2 cm³/mol. The van der Waals surface area contributed by atoms with Crippen molar-refractivity contribution in [1.29, 1.82) is 0 Å². The molecule has 0 amide bonds. The first-order valence-electron chi connectivity index (χ1n) is 5.48. The van der Waals surface area contributed by atoms with Crippen LogP contribution in [0, 0.1) is 0 Å². The highest BCUT2D eigenvalue weighted by Crippen LogP contribution is 2.18. The fourth-order valence-electron chi connectivity index (χ4n) is 1.61. The zero-order valence-corrected chi connectivity index (χ0v) is 9.56. The number of fused-ring (bicyclic) bond motifs is 1. The van der Waals surface area contributed by atoms with Gasteiger partial charge in [0.15, 0.2) is 11.5 Å². The standard InChI is InChI=1S/C10H16N6/c1-3-5-16-6-13-7-8(11)14-10(12-4-2)15-9(7)16/h6H,3-5H2,1-2H3,(H3,11,12,14,15). The number of nitrogen functional groups attached to an aromatic ring is 1. The number of imidazole rings is 1. The molecule has 0 bridgehead atoms. The number of nitrogens with one attached hydrogen (secondary N) is 1. The summed E-state index contributed by atoms with van der Waals surface area (Å²) in [6.07, 6.45) is 2.79. The quantitative estimate of drug-likeness (QED) is 0.810. The maximum Gasteiger partial charge on any atom is 0.226 e. The summed E-state index contributed by atoms with van der Waals surface area (Å²) in [5.74, 6) is 0.987. The Hall–Kier alpha value is -1.85. The van der Waals surface area contributed by atoms with Crippen LogP contribution in [0.3, 0.4) is 0 Å². The van der Waals surface area contributed by atoms with Crippen LogP contribution in [0.5, 0.6) is 0 Å². The smallest absolute Gasteiger partial charge is 0.226 e. The molecule has 0 saturated heterocycles. The van der Waals surface area contributed by atoms with Gasteiger partial charge in [0.25, 0.3) is 0 Å². The van der Waals surface area contributed by atoms with Crippen LogP contribution in [0.15, 0.2) is 6.33 Å². The van der Waals surface area contributed by atoms with Crippen molar-refractivity contribution >= 4 is 22.9 Å². The van der Waals surface area contributed by atoms with Gasteiger partial charge in [0.1, 0.15) is 5.52 Å². The molecule has 2 heterocycles. The lowest BCUT2D eigenvalue weighted by Gasteiger charge is -2.05. The van der Waals surface area contributed by atoms with Gasteiger partial charge in [0, 0.05) is 13.1 Å². The monoisotopic (exact) mass is 220 g/mol. The number of aryl methyl sites for hydroxylation is 1. The third-order valence-electron chi connectivity index (χ3n) is 2.29. The molecule has 6 heteroatoms. The molecule has 0 radical (unpaired) electrons. The summed E-state index contributed by atoms with van der Waals surface area (Å²) in [5, 5.41) is 3.06. The number of aromatic nitrogens is 4. The third kappa shape index (κ3) is 1.78. The minimum Gasteiger partial charge on any atom is -0.382 e. The topological polar surface area (TPSA) is 81.7 Å². The molecule has 0 atom stereocenters. The van der Waals surface area contributed by atoms with Crippen LogP contribution >= 0.6 is 0 Å². The van der Waals surface area contributed by atoms with E-state index in [1.165, 1.54) is 0 Å². The highest BCUT2D eigenvalue weighted by atomic mass is 15.2. The van der Waals surface area contributed by atoms with E-state index >= 15 is 0 Å². The molecule has 2 aromatic heterocycles. The molecule has 0 spiro atoms. The molecule has 6 nitrogen and oxygen atoms in total. The van der Waals surface area contributed by atoms with Crippen molar-refractivity contribution in [1.82, 2.24) is 19.5 Å². The molecule has 0 aromatic carbocycles. The summed E-state index contributed by atoms with van der Waals surface area (Å²) in [4.78, 5) is 12.8. The van der Waals surface area contributed by atoms with Crippen molar-refractivity contribution in [3.05, 3.63) is 6.33 Å². The van der Waals surface area contributed by atoms with Crippen LogP contribution in [0.4, 0.5) is 11.8 Å². The zero-order valence-electron chi connectivity index (χ0n) is 9.56. The normalized spacial score (nSPS) is 10.9. The maximum atomic E-state index is 5.83. The van der Waals surface area contributed by atoms with Crippen molar-refractivity contribution < 1.29 is 0 Å². The van der Waals surface area contributed by atoms with Gasteiger partial charge in [-0.15, -0.1) is 0 Å². The Balaban J connectivity index is 2.52. The summed E-state index contributed by atoms with van der Waals surface area (Å²) in [6, 6.07) is 0. The number of hydrogen-bond donors (Lipinski definition) is 2. The predicted octanol–water partition coefficient (Wildman–Crippen LogP) is 1.25. The Bertz CT molecular complexity index is 489. The van der Waals surface area contributed by atoms with Gasteiger partial charge in [-0.3, -0.25) is 0 Å². The third-order valence-corrected chi connectivity index (χ3v) is 2.29. The Labute approximate surface area is 93.9 Å². The Morgan fingerprint density at radius 1 is 1.38 bits per heavy atom. The average Bonchev–Trinajstić information content (AvgIpc) is 2.63. The first kappa shape index (κ1) is 10.7. The van der Waals surface area contributed by atoms with E-state index < -0.39 is 0 Å². The van der Waals surface area contributed by atoms with Gasteiger partial charge in [-0.05, 0) is 13.3 Å². The highest BCUT2D eigenvalue weighted by molar-refractivity contribution is 5.82. The summed E-state index contributed by atoms with van der Waals surface area (Å²) in [6.45, 7) is 5.76. The van der Waals surface area contributed by atoms with Gasteiger partial charge in [-0.2, -0.15) is 9.97 Å². The molecular weight excluding hydrogens is 204 g/mol. The van der Waals surface area contributed by atoms with E-state index in [9.17, 15) is 0 Å². The van der Waals surface area contributed by atoms with E-state index in [-0.39, 0.29) is 0 Å². The van der Waals surface area contributed by atoms with Gasteiger partial charge in [-0.25, -0.2) is 4.98 Å². The van der Waals surface area contributed by atoms with E-state index in [0.29, 0.717) is 17.3 Å². The van der Waals surface area contributed by atoms with E-state index in [1.807, 2.05) is 11.5 Å². The van der Waals surface area contributed by atoms with Crippen LogP contribution in [0.25, 0.3) is 11.2 Å². The van der Waals surface area contributed by atoms with Crippen LogP contribution in [-0.4, -0.2) is 26.1 Å². The molecule has 0 aliphatic carbocycles. The average molecular weight is 220 g/mol. The van der Waals surface area contributed by atoms with Gasteiger partial charge in [0.2, 0.25) is 5.95 Å². The number of rotatable bonds is 4. The van der Waals surface area contributed by atoms with Gasteiger partial charge < -0.3 is 15.6 Å². The van der Waals surface area contributed by atoms with Crippen LogP contribution < -0.4 is 11.1 Å². The van der Waals surface area contributed by atoms with Crippen LogP contribution in [0.1, 0.15) is 20.3 Å². The maximum absolute atomic E-state index is 5.83. The van der Waals surface area contributed by atoms with E-state index in [4.69, 9.17) is 5.73 Å². The van der Waals surface area contributed by atoms with Crippen LogP contribution in [0.2, 0.25) is 0 Å². The summed E-state index contributed by atoms with van der Waals surface area (Å²) in [5.41, 5.74) is 7.30. The van der Waals surface area contributed by atoms with Gasteiger partial charge in [0.05, 0.1) is 6.33 Å². The van der Waals surface area contributed by atoms with Crippen LogP contribution in [-0.2, 0) is 6.54 Å². The number of anilines is 2. The van der Waals surface area contributed by atoms with E-state index in [2.05, 4.69) is 27.2 Å². The minimum absolute atomic E-state index is 0.427. The number of nitrogens with two attached hydrogens (primary N) is 1. The Morgan fingerprint density at radius 3 is 2.88 bits per heavy atom. The first-order chi connectivity index (χ1) is 7.76. The Kier molecular flexibility index (Phi) is 2.89. The zero-order chi connectivity index (χ0) is 11.5. The summed E-state index contributed by atoms with van der Waals surface area (Å²) in [7, 11) is 0. The van der Waals surface area contributed by atoms with E-state index in [0.717, 1.165) is 25.2 Å². The second kappa shape index (κ2) is 4.34. The van der Waals surface area contributed by atoms with Crippen molar-refractivity contribution in [2.45, 2.75) is 26.8 Å². The SMILES string of the molecule is CCCn1cnc2c(N)nc(NCC)nc21. The lowest BCUT2D eigenvalue weighted by atomic mass is 10.4. The Morgan fingerprint density at radius 2 is 2.19 bits per heavy atom. The fourth-order valence-corrected chi connectivity index (χ4v) is 1.61. The number of hydrogen-bond acceptors (Lipinski definition) is 5. The second-order valence-corrected chi connectivity index (χ2v) is 3.57. The fraction of sp³-hybridized carbons (Fsp3) is 0.500. The highest BCUT2D eigenvalue weighted by Gasteiger charge is 2.10.